The summed E-state index contributed by atoms with van der Waals surface area (Å²) < 4.78 is 1.85. The molecule has 1 aromatic heterocycles. The highest BCUT2D eigenvalue weighted by molar-refractivity contribution is 5.74. The van der Waals surface area contributed by atoms with Crippen molar-refractivity contribution in [3.63, 3.8) is 0 Å². The molecule has 2 amide bonds. The third-order valence-corrected chi connectivity index (χ3v) is 2.99. The van der Waals surface area contributed by atoms with Crippen molar-refractivity contribution in [3.8, 4) is 0 Å². The number of hydrogen-bond acceptors (Lipinski definition) is 3. The lowest BCUT2D eigenvalue weighted by atomic mass is 10.4. The number of carbonyl (C=O) groups excluding carboxylic acids is 1. The lowest BCUT2D eigenvalue weighted by Crippen LogP contribution is -2.43. The van der Waals surface area contributed by atoms with E-state index < -0.39 is 0 Å². The van der Waals surface area contributed by atoms with Gasteiger partial charge in [-0.25, -0.2) is 4.79 Å². The van der Waals surface area contributed by atoms with Gasteiger partial charge >= 0.3 is 6.03 Å². The molecule has 0 aromatic carbocycles. The molecule has 0 unspecified atom stereocenters. The van der Waals surface area contributed by atoms with Crippen molar-refractivity contribution in [3.05, 3.63) is 18.5 Å². The zero-order valence-electron chi connectivity index (χ0n) is 10.5. The number of urea groups is 1. The van der Waals surface area contributed by atoms with E-state index in [1.165, 1.54) is 0 Å². The summed E-state index contributed by atoms with van der Waals surface area (Å²) in [6.07, 6.45) is 6.62. The van der Waals surface area contributed by atoms with Crippen molar-refractivity contribution in [2.45, 2.75) is 31.8 Å². The Morgan fingerprint density at radius 1 is 1.56 bits per heavy atom. The first-order valence-corrected chi connectivity index (χ1v) is 6.44. The highest BCUT2D eigenvalue weighted by Gasteiger charge is 2.31. The number of aryl methyl sites for hydroxylation is 1. The van der Waals surface area contributed by atoms with Gasteiger partial charge in [0.15, 0.2) is 0 Å². The molecule has 0 spiro atoms. The topological polar surface area (TPSA) is 70.4 Å². The minimum atomic E-state index is -0.0629. The van der Waals surface area contributed by atoms with E-state index >= 15 is 0 Å². The Labute approximate surface area is 107 Å². The lowest BCUT2D eigenvalue weighted by Gasteiger charge is -2.21. The van der Waals surface area contributed by atoms with E-state index in [4.69, 9.17) is 5.11 Å². The van der Waals surface area contributed by atoms with Crippen LogP contribution in [0.4, 0.5) is 4.79 Å². The molecule has 0 bridgehead atoms. The molecule has 6 heteroatoms. The molecule has 1 saturated carbocycles. The predicted octanol–water partition coefficient (Wildman–Crippen LogP) is 0.439. The highest BCUT2D eigenvalue weighted by Crippen LogP contribution is 2.26. The molecule has 1 aliphatic carbocycles. The van der Waals surface area contributed by atoms with E-state index in [0.29, 0.717) is 19.1 Å². The van der Waals surface area contributed by atoms with Gasteiger partial charge in [-0.3, -0.25) is 4.68 Å². The zero-order chi connectivity index (χ0) is 12.8. The van der Waals surface area contributed by atoms with Crippen LogP contribution in [0.25, 0.3) is 0 Å². The van der Waals surface area contributed by atoms with Gasteiger partial charge in [0.25, 0.3) is 0 Å². The van der Waals surface area contributed by atoms with Gasteiger partial charge in [0.1, 0.15) is 0 Å². The van der Waals surface area contributed by atoms with Crippen molar-refractivity contribution < 1.29 is 9.90 Å². The van der Waals surface area contributed by atoms with E-state index in [-0.39, 0.29) is 12.6 Å². The molecule has 6 nitrogen and oxygen atoms in total. The minimum absolute atomic E-state index is 0.0250. The van der Waals surface area contributed by atoms with Crippen LogP contribution in [0.15, 0.2) is 18.5 Å². The number of nitrogens with one attached hydrogen (secondary N) is 1. The summed E-state index contributed by atoms with van der Waals surface area (Å²) in [5, 5.41) is 15.9. The molecule has 1 heterocycles. The first-order valence-electron chi connectivity index (χ1n) is 6.44. The van der Waals surface area contributed by atoms with Gasteiger partial charge in [-0.15, -0.1) is 0 Å². The number of hydrogen-bond donors (Lipinski definition) is 2. The fraction of sp³-hybridized carbons (Fsp3) is 0.667. The molecule has 0 saturated heterocycles. The first kappa shape index (κ1) is 12.9. The molecule has 1 fully saturated rings. The Bertz CT molecular complexity index is 362. The summed E-state index contributed by atoms with van der Waals surface area (Å²) in [7, 11) is 0. The molecule has 0 atom stereocenters. The number of nitrogens with zero attached hydrogens (tertiary/aromatic N) is 3. The third kappa shape index (κ3) is 3.73. The van der Waals surface area contributed by atoms with Crippen LogP contribution in [0.5, 0.6) is 0 Å². The molecule has 0 radical (unpaired) electrons. The van der Waals surface area contributed by atoms with Crippen LogP contribution >= 0.6 is 0 Å². The van der Waals surface area contributed by atoms with E-state index in [1.54, 1.807) is 11.1 Å². The second-order valence-corrected chi connectivity index (χ2v) is 4.50. The van der Waals surface area contributed by atoms with E-state index in [2.05, 4.69) is 10.4 Å². The standard InChI is InChI=1S/C12H20N4O2/c17-10-9-16(11-3-4-11)12(18)13-5-1-7-15-8-2-6-14-15/h2,6,8,11,17H,1,3-5,7,9-10H2,(H,13,18). The second kappa shape index (κ2) is 6.39. The average molecular weight is 252 g/mol. The summed E-state index contributed by atoms with van der Waals surface area (Å²) in [6.45, 7) is 1.89. The fourth-order valence-corrected chi connectivity index (χ4v) is 1.91. The highest BCUT2D eigenvalue weighted by atomic mass is 16.3. The summed E-state index contributed by atoms with van der Waals surface area (Å²) in [6, 6.07) is 2.16. The molecule has 2 rings (SSSR count). The van der Waals surface area contributed by atoms with Crippen LogP contribution in [0.2, 0.25) is 0 Å². The normalized spacial score (nSPS) is 14.5. The number of carbonyl (C=O) groups is 1. The molecule has 18 heavy (non-hydrogen) atoms. The monoisotopic (exact) mass is 252 g/mol. The van der Waals surface area contributed by atoms with Crippen LogP contribution in [-0.2, 0) is 6.54 Å². The van der Waals surface area contributed by atoms with Gasteiger partial charge < -0.3 is 15.3 Å². The third-order valence-electron chi connectivity index (χ3n) is 2.99. The SMILES string of the molecule is O=C(NCCCn1cccn1)N(CCO)C1CC1. The van der Waals surface area contributed by atoms with Crippen LogP contribution in [0.3, 0.4) is 0 Å². The summed E-state index contributed by atoms with van der Waals surface area (Å²) in [5.74, 6) is 0. The van der Waals surface area contributed by atoms with Gasteiger partial charge in [-0.05, 0) is 25.3 Å². The maximum absolute atomic E-state index is 11.9. The van der Waals surface area contributed by atoms with Crippen molar-refractivity contribution in [2.75, 3.05) is 19.7 Å². The lowest BCUT2D eigenvalue weighted by molar-refractivity contribution is 0.173. The van der Waals surface area contributed by atoms with Crippen molar-refractivity contribution >= 4 is 6.03 Å². The van der Waals surface area contributed by atoms with Crippen LogP contribution in [-0.4, -0.2) is 51.6 Å². The second-order valence-electron chi connectivity index (χ2n) is 4.50. The maximum Gasteiger partial charge on any atom is 0.317 e. The van der Waals surface area contributed by atoms with Crippen molar-refractivity contribution in [1.29, 1.82) is 0 Å². The van der Waals surface area contributed by atoms with Crippen molar-refractivity contribution in [1.82, 2.24) is 20.0 Å². The predicted molar refractivity (Wildman–Crippen MR) is 67.1 cm³/mol. The largest absolute Gasteiger partial charge is 0.395 e. The van der Waals surface area contributed by atoms with Crippen LogP contribution < -0.4 is 5.32 Å². The summed E-state index contributed by atoms with van der Waals surface area (Å²) in [5.41, 5.74) is 0. The number of aliphatic hydroxyl groups excluding tert-OH is 1. The average Bonchev–Trinajstić information content (AvgIpc) is 3.08. The molecule has 0 aliphatic heterocycles. The maximum atomic E-state index is 11.9. The molecular weight excluding hydrogens is 232 g/mol. The summed E-state index contributed by atoms with van der Waals surface area (Å²) in [4.78, 5) is 13.6. The van der Waals surface area contributed by atoms with Gasteiger partial charge in [0.2, 0.25) is 0 Å². The number of aliphatic hydroxyl groups is 1. The van der Waals surface area contributed by atoms with Gasteiger partial charge in [-0.2, -0.15) is 5.10 Å². The van der Waals surface area contributed by atoms with E-state index in [9.17, 15) is 4.79 Å². The Morgan fingerprint density at radius 2 is 2.39 bits per heavy atom. The van der Waals surface area contributed by atoms with Crippen LogP contribution in [0.1, 0.15) is 19.3 Å². The molecule has 1 aliphatic rings. The smallest absolute Gasteiger partial charge is 0.317 e. The van der Waals surface area contributed by atoms with Gasteiger partial charge in [0, 0.05) is 38.1 Å². The van der Waals surface area contributed by atoms with Crippen molar-refractivity contribution in [2.24, 2.45) is 0 Å². The Kier molecular flexibility index (Phi) is 4.58. The Balaban J connectivity index is 1.64. The molecule has 100 valence electrons. The number of aromatic nitrogens is 2. The number of rotatable bonds is 7. The van der Waals surface area contributed by atoms with Gasteiger partial charge in [-0.1, -0.05) is 0 Å². The summed E-state index contributed by atoms with van der Waals surface area (Å²) >= 11 is 0. The number of amides is 2. The molecular formula is C12H20N4O2. The molecule has 1 aromatic rings. The van der Waals surface area contributed by atoms with E-state index in [1.807, 2.05) is 16.9 Å². The Hall–Kier alpha value is -1.56. The Morgan fingerprint density at radius 3 is 3.00 bits per heavy atom. The first-order chi connectivity index (χ1) is 8.81. The fourth-order valence-electron chi connectivity index (χ4n) is 1.91. The quantitative estimate of drug-likeness (QED) is 0.692. The van der Waals surface area contributed by atoms with Gasteiger partial charge in [0.05, 0.1) is 6.61 Å². The molecule has 2 N–H and O–H groups in total. The van der Waals surface area contributed by atoms with Crippen LogP contribution in [0, 0.1) is 0 Å². The minimum Gasteiger partial charge on any atom is -0.395 e. The van der Waals surface area contributed by atoms with E-state index in [0.717, 1.165) is 25.8 Å². The zero-order valence-corrected chi connectivity index (χ0v) is 10.5.